The topological polar surface area (TPSA) is 139 Å². The maximum Gasteiger partial charge on any atom is 0.381 e. The van der Waals surface area contributed by atoms with Crippen molar-refractivity contribution in [2.75, 3.05) is 19.6 Å². The quantitative estimate of drug-likeness (QED) is 0.556. The lowest BCUT2D eigenvalue weighted by molar-refractivity contribution is -0.389. The molecule has 0 aromatic carbocycles. The third-order valence-electron chi connectivity index (χ3n) is 4.66. The second-order valence-corrected chi connectivity index (χ2v) is 6.54. The highest BCUT2D eigenvalue weighted by Crippen LogP contribution is 2.18. The molecule has 0 spiro atoms. The summed E-state index contributed by atoms with van der Waals surface area (Å²) in [5, 5.41) is 19.8. The van der Waals surface area contributed by atoms with Gasteiger partial charge in [0.1, 0.15) is 19.3 Å². The van der Waals surface area contributed by atoms with Crippen molar-refractivity contribution in [3.8, 4) is 0 Å². The Balaban J connectivity index is 2.00. The summed E-state index contributed by atoms with van der Waals surface area (Å²) in [5.41, 5.74) is 0. The lowest BCUT2D eigenvalue weighted by atomic mass is 10.1. The van der Waals surface area contributed by atoms with Crippen molar-refractivity contribution >= 4 is 23.6 Å². The van der Waals surface area contributed by atoms with Crippen LogP contribution in [-0.2, 0) is 20.9 Å². The van der Waals surface area contributed by atoms with Crippen LogP contribution in [0.2, 0.25) is 0 Å². The van der Waals surface area contributed by atoms with Crippen LogP contribution < -0.4 is 0 Å². The predicted molar refractivity (Wildman–Crippen MR) is 92.9 cm³/mol. The number of aliphatic carboxylic acids is 1. The van der Waals surface area contributed by atoms with Gasteiger partial charge in [-0.1, -0.05) is 0 Å². The number of imidazole rings is 1. The molecule has 2 rings (SSSR count). The number of carboxylic acid groups (broad SMARTS) is 1. The zero-order chi connectivity index (χ0) is 20.1. The first kappa shape index (κ1) is 20.3. The van der Waals surface area contributed by atoms with Gasteiger partial charge in [-0.15, -0.1) is 0 Å². The Morgan fingerprint density at radius 3 is 2.63 bits per heavy atom. The number of nitrogens with zero attached hydrogens (tertiary/aromatic N) is 5. The van der Waals surface area contributed by atoms with Crippen molar-refractivity contribution in [1.29, 1.82) is 0 Å². The van der Waals surface area contributed by atoms with E-state index in [2.05, 4.69) is 4.98 Å². The number of likely N-dealkylation sites (tertiary alicyclic amines) is 1. The van der Waals surface area contributed by atoms with Crippen LogP contribution in [-0.4, -0.2) is 72.8 Å². The van der Waals surface area contributed by atoms with Crippen LogP contribution in [0.5, 0.6) is 0 Å². The molecule has 1 N–H and O–H groups in total. The molecule has 2 heterocycles. The minimum atomic E-state index is -1.07. The molecule has 1 unspecified atom stereocenters. The molecule has 2 amide bonds. The maximum atomic E-state index is 12.6. The van der Waals surface area contributed by atoms with Crippen LogP contribution in [0.25, 0.3) is 0 Å². The summed E-state index contributed by atoms with van der Waals surface area (Å²) in [4.78, 5) is 52.3. The Morgan fingerprint density at radius 1 is 1.37 bits per heavy atom. The summed E-state index contributed by atoms with van der Waals surface area (Å²) < 4.78 is 1.44. The summed E-state index contributed by atoms with van der Waals surface area (Å²) >= 11 is 0. The van der Waals surface area contributed by atoms with E-state index in [-0.39, 0.29) is 36.8 Å². The van der Waals surface area contributed by atoms with E-state index in [9.17, 15) is 24.5 Å². The Kier molecular flexibility index (Phi) is 6.48. The molecule has 1 aliphatic rings. The molecule has 1 fully saturated rings. The summed E-state index contributed by atoms with van der Waals surface area (Å²) in [6, 6.07) is -0.229. The Labute approximate surface area is 155 Å². The summed E-state index contributed by atoms with van der Waals surface area (Å²) in [6.45, 7) is 3.41. The molecule has 1 aromatic heterocycles. The first-order valence-corrected chi connectivity index (χ1v) is 8.64. The lowest BCUT2D eigenvalue weighted by Gasteiger charge is -2.28. The number of hydrogen-bond acceptors (Lipinski definition) is 6. The second-order valence-electron chi connectivity index (χ2n) is 6.54. The average molecular weight is 381 g/mol. The van der Waals surface area contributed by atoms with Crippen LogP contribution >= 0.6 is 0 Å². The smallest absolute Gasteiger partial charge is 0.381 e. The minimum absolute atomic E-state index is 0.0527. The molecule has 11 heteroatoms. The number of aryl methyl sites for hydroxylation is 1. The largest absolute Gasteiger partial charge is 0.480 e. The van der Waals surface area contributed by atoms with Crippen LogP contribution in [0, 0.1) is 17.0 Å². The van der Waals surface area contributed by atoms with Gasteiger partial charge in [0.05, 0.1) is 0 Å². The zero-order valence-electron chi connectivity index (χ0n) is 15.3. The first-order valence-electron chi connectivity index (χ1n) is 8.64. The molecule has 1 aliphatic heterocycles. The molecule has 0 radical (unpaired) electrons. The number of carbonyl (C=O) groups excluding carboxylic acids is 2. The standard InChI is InChI=1S/C16H23N5O6/c1-11-17-14(21(26)27)8-19(11)9-15(23)18-6-3-4-13(5-7-18)20(12(2)22)10-16(24)25/h8,13H,3-7,9-10H2,1-2H3,(H,24,25). The third kappa shape index (κ3) is 5.25. The fraction of sp³-hybridized carbons (Fsp3) is 0.625. The molecule has 0 bridgehead atoms. The minimum Gasteiger partial charge on any atom is -0.480 e. The number of amides is 2. The van der Waals surface area contributed by atoms with E-state index in [1.807, 2.05) is 0 Å². The number of aromatic nitrogens is 2. The Hall–Kier alpha value is -2.98. The van der Waals surface area contributed by atoms with Gasteiger partial charge in [0, 0.05) is 33.0 Å². The molecule has 1 atom stereocenters. The molecule has 148 valence electrons. The first-order chi connectivity index (χ1) is 12.7. The number of hydrogen-bond donors (Lipinski definition) is 1. The third-order valence-corrected chi connectivity index (χ3v) is 4.66. The van der Waals surface area contributed by atoms with Gasteiger partial charge < -0.3 is 25.0 Å². The van der Waals surface area contributed by atoms with Crippen molar-refractivity contribution in [2.24, 2.45) is 0 Å². The van der Waals surface area contributed by atoms with Crippen LogP contribution in [0.3, 0.4) is 0 Å². The highest BCUT2D eigenvalue weighted by Gasteiger charge is 2.28. The number of carbonyl (C=O) groups is 3. The molecular weight excluding hydrogens is 358 g/mol. The van der Waals surface area contributed by atoms with Crippen molar-refractivity contribution in [2.45, 2.75) is 45.7 Å². The number of rotatable bonds is 6. The Bertz CT molecular complexity index is 746. The highest BCUT2D eigenvalue weighted by atomic mass is 16.6. The molecule has 27 heavy (non-hydrogen) atoms. The van der Waals surface area contributed by atoms with E-state index >= 15 is 0 Å². The van der Waals surface area contributed by atoms with Crippen molar-refractivity contribution < 1.29 is 24.4 Å². The van der Waals surface area contributed by atoms with E-state index < -0.39 is 10.9 Å². The van der Waals surface area contributed by atoms with Gasteiger partial charge in [0.25, 0.3) is 0 Å². The van der Waals surface area contributed by atoms with E-state index in [4.69, 9.17) is 5.11 Å². The van der Waals surface area contributed by atoms with Crippen LogP contribution in [0.15, 0.2) is 6.20 Å². The Morgan fingerprint density at radius 2 is 2.07 bits per heavy atom. The summed E-state index contributed by atoms with van der Waals surface area (Å²) in [6.07, 6.45) is 2.98. The normalized spacial score (nSPS) is 17.3. The maximum absolute atomic E-state index is 12.6. The van der Waals surface area contributed by atoms with Gasteiger partial charge in [-0.25, -0.2) is 0 Å². The van der Waals surface area contributed by atoms with Gasteiger partial charge in [0.2, 0.25) is 17.6 Å². The van der Waals surface area contributed by atoms with Gasteiger partial charge in [0.15, 0.2) is 0 Å². The van der Waals surface area contributed by atoms with E-state index in [0.717, 1.165) is 0 Å². The molecule has 1 aromatic rings. The lowest BCUT2D eigenvalue weighted by Crippen LogP contribution is -2.43. The number of nitro groups is 1. The van der Waals surface area contributed by atoms with E-state index in [1.165, 1.54) is 22.6 Å². The van der Waals surface area contributed by atoms with Gasteiger partial charge >= 0.3 is 11.8 Å². The van der Waals surface area contributed by atoms with Crippen LogP contribution in [0.4, 0.5) is 5.82 Å². The van der Waals surface area contributed by atoms with Gasteiger partial charge in [-0.05, 0) is 29.2 Å². The monoisotopic (exact) mass is 381 g/mol. The molecular formula is C16H23N5O6. The van der Waals surface area contributed by atoms with Crippen molar-refractivity contribution in [1.82, 2.24) is 19.4 Å². The summed E-state index contributed by atoms with van der Waals surface area (Å²) in [7, 11) is 0. The van der Waals surface area contributed by atoms with E-state index in [1.54, 1.807) is 11.8 Å². The molecule has 0 saturated carbocycles. The van der Waals surface area contributed by atoms with Crippen molar-refractivity contribution in [3.63, 3.8) is 0 Å². The fourth-order valence-electron chi connectivity index (χ4n) is 3.27. The van der Waals surface area contributed by atoms with Crippen molar-refractivity contribution in [3.05, 3.63) is 22.1 Å². The predicted octanol–water partition coefficient (Wildman–Crippen LogP) is 0.414. The van der Waals surface area contributed by atoms with E-state index in [0.29, 0.717) is 38.2 Å². The van der Waals surface area contributed by atoms with Crippen LogP contribution in [0.1, 0.15) is 32.0 Å². The molecule has 11 nitrogen and oxygen atoms in total. The van der Waals surface area contributed by atoms with Gasteiger partial charge in [-0.3, -0.25) is 19.0 Å². The average Bonchev–Trinajstić information content (AvgIpc) is 2.80. The SMILES string of the molecule is CC(=O)N(CC(=O)O)C1CCCN(C(=O)Cn2cc([N+](=O)[O-])nc2C)CC1. The summed E-state index contributed by atoms with van der Waals surface area (Å²) in [5.74, 6) is -1.49. The highest BCUT2D eigenvalue weighted by molar-refractivity contribution is 5.80. The molecule has 1 saturated heterocycles. The number of carboxylic acids is 1. The zero-order valence-corrected chi connectivity index (χ0v) is 15.3. The second kappa shape index (κ2) is 8.60. The fourth-order valence-corrected chi connectivity index (χ4v) is 3.27. The van der Waals surface area contributed by atoms with Gasteiger partial charge in [-0.2, -0.15) is 0 Å². The molecule has 0 aliphatic carbocycles.